The maximum Gasteiger partial charge on any atom is 0.256 e. The van der Waals surface area contributed by atoms with E-state index in [1.54, 1.807) is 0 Å². The molecule has 0 unspecified atom stereocenters. The molecule has 0 amide bonds. The molecule has 1 aromatic carbocycles. The average molecular weight is 274 g/mol. The van der Waals surface area contributed by atoms with E-state index in [1.165, 1.54) is 17.8 Å². The lowest BCUT2D eigenvalue weighted by atomic mass is 9.82. The van der Waals surface area contributed by atoms with Crippen molar-refractivity contribution in [3.8, 4) is 11.6 Å². The Labute approximate surface area is 118 Å². The maximum atomic E-state index is 13.6. The van der Waals surface area contributed by atoms with E-state index < -0.39 is 5.82 Å². The highest BCUT2D eigenvalue weighted by atomic mass is 19.1. The highest BCUT2D eigenvalue weighted by molar-refractivity contribution is 5.39. The van der Waals surface area contributed by atoms with Gasteiger partial charge in [-0.25, -0.2) is 9.37 Å². The van der Waals surface area contributed by atoms with Gasteiger partial charge in [-0.05, 0) is 29.5 Å². The second-order valence-electron chi connectivity index (χ2n) is 5.42. The van der Waals surface area contributed by atoms with Crippen LogP contribution in [-0.4, -0.2) is 4.98 Å². The van der Waals surface area contributed by atoms with Crippen molar-refractivity contribution < 1.29 is 9.13 Å². The Bertz CT molecular complexity index is 594. The smallest absolute Gasteiger partial charge is 0.256 e. The van der Waals surface area contributed by atoms with E-state index in [0.29, 0.717) is 5.75 Å². The fourth-order valence-electron chi connectivity index (χ4n) is 1.81. The van der Waals surface area contributed by atoms with Crippen molar-refractivity contribution in [2.75, 3.05) is 5.73 Å². The lowest BCUT2D eigenvalue weighted by Gasteiger charge is -2.23. The van der Waals surface area contributed by atoms with Crippen LogP contribution in [0.15, 0.2) is 36.5 Å². The molecule has 20 heavy (non-hydrogen) atoms. The molecule has 0 fully saturated rings. The van der Waals surface area contributed by atoms with E-state index in [-0.39, 0.29) is 17.0 Å². The van der Waals surface area contributed by atoms with Crippen LogP contribution in [0.3, 0.4) is 0 Å². The number of ether oxygens (including phenoxy) is 1. The van der Waals surface area contributed by atoms with Crippen molar-refractivity contribution >= 4 is 5.69 Å². The van der Waals surface area contributed by atoms with Gasteiger partial charge in [-0.3, -0.25) is 0 Å². The van der Waals surface area contributed by atoms with Gasteiger partial charge in [0.15, 0.2) is 5.82 Å². The molecular weight excluding hydrogens is 255 g/mol. The van der Waals surface area contributed by atoms with Gasteiger partial charge in [0.05, 0.1) is 11.9 Å². The third kappa shape index (κ3) is 3.07. The highest BCUT2D eigenvalue weighted by Crippen LogP contribution is 2.29. The van der Waals surface area contributed by atoms with Gasteiger partial charge in [0, 0.05) is 6.07 Å². The van der Waals surface area contributed by atoms with Gasteiger partial charge in [0.1, 0.15) is 5.75 Å². The molecule has 0 aliphatic carbocycles. The molecule has 3 nitrogen and oxygen atoms in total. The van der Waals surface area contributed by atoms with Crippen molar-refractivity contribution in [2.45, 2.75) is 32.6 Å². The number of benzene rings is 1. The number of aromatic nitrogens is 1. The third-order valence-electron chi connectivity index (χ3n) is 3.56. The molecule has 2 aromatic rings. The van der Waals surface area contributed by atoms with E-state index >= 15 is 0 Å². The summed E-state index contributed by atoms with van der Waals surface area (Å²) in [7, 11) is 0. The number of nitrogen functional groups attached to an aromatic ring is 1. The molecule has 2 N–H and O–H groups in total. The summed E-state index contributed by atoms with van der Waals surface area (Å²) in [6.07, 6.45) is 2.41. The first-order valence-electron chi connectivity index (χ1n) is 6.62. The SMILES string of the molecule is CCC(C)(C)c1ccc(Oc2ncc(N)cc2F)cc1. The zero-order valence-electron chi connectivity index (χ0n) is 12.0. The van der Waals surface area contributed by atoms with Gasteiger partial charge >= 0.3 is 0 Å². The van der Waals surface area contributed by atoms with E-state index in [9.17, 15) is 4.39 Å². The van der Waals surface area contributed by atoms with Crippen molar-refractivity contribution in [2.24, 2.45) is 0 Å². The molecule has 0 saturated heterocycles. The van der Waals surface area contributed by atoms with Gasteiger partial charge in [-0.1, -0.05) is 32.9 Å². The molecule has 106 valence electrons. The van der Waals surface area contributed by atoms with Crippen LogP contribution in [0.4, 0.5) is 10.1 Å². The van der Waals surface area contributed by atoms with Crippen molar-refractivity contribution in [3.05, 3.63) is 47.9 Å². The van der Waals surface area contributed by atoms with Crippen LogP contribution < -0.4 is 10.5 Å². The number of halogens is 1. The second kappa shape index (κ2) is 5.49. The standard InChI is InChI=1S/C16H19FN2O/c1-4-16(2,3)11-5-7-13(8-6-11)20-15-14(17)9-12(18)10-19-15/h5-10H,4,18H2,1-3H3. The number of pyridine rings is 1. The molecule has 2 rings (SSSR count). The Morgan fingerprint density at radius 2 is 1.90 bits per heavy atom. The zero-order chi connectivity index (χ0) is 14.8. The Morgan fingerprint density at radius 1 is 1.25 bits per heavy atom. The molecule has 0 aliphatic rings. The summed E-state index contributed by atoms with van der Waals surface area (Å²) < 4.78 is 19.0. The third-order valence-corrected chi connectivity index (χ3v) is 3.56. The number of nitrogens with zero attached hydrogens (tertiary/aromatic N) is 1. The molecule has 0 radical (unpaired) electrons. The molecule has 4 heteroatoms. The molecule has 0 spiro atoms. The fourth-order valence-corrected chi connectivity index (χ4v) is 1.81. The minimum atomic E-state index is -0.567. The van der Waals surface area contributed by atoms with Crippen LogP contribution in [-0.2, 0) is 5.41 Å². The summed E-state index contributed by atoms with van der Waals surface area (Å²) in [5.41, 5.74) is 7.05. The quantitative estimate of drug-likeness (QED) is 0.905. The van der Waals surface area contributed by atoms with Gasteiger partial charge in [-0.2, -0.15) is 0 Å². The Morgan fingerprint density at radius 3 is 2.45 bits per heavy atom. The maximum absolute atomic E-state index is 13.6. The predicted molar refractivity (Wildman–Crippen MR) is 78.4 cm³/mol. The van der Waals surface area contributed by atoms with Crippen LogP contribution in [0.1, 0.15) is 32.8 Å². The molecule has 0 bridgehead atoms. The van der Waals surface area contributed by atoms with Gasteiger partial charge < -0.3 is 10.5 Å². The minimum absolute atomic E-state index is 0.0679. The number of hydrogen-bond acceptors (Lipinski definition) is 3. The largest absolute Gasteiger partial charge is 0.436 e. The minimum Gasteiger partial charge on any atom is -0.436 e. The van der Waals surface area contributed by atoms with E-state index in [0.717, 1.165) is 6.42 Å². The summed E-state index contributed by atoms with van der Waals surface area (Å²) in [6.45, 7) is 6.52. The van der Waals surface area contributed by atoms with Crippen LogP contribution in [0.2, 0.25) is 0 Å². The van der Waals surface area contributed by atoms with E-state index in [4.69, 9.17) is 10.5 Å². The van der Waals surface area contributed by atoms with Crippen molar-refractivity contribution in [1.29, 1.82) is 0 Å². The first kappa shape index (κ1) is 14.3. The summed E-state index contributed by atoms with van der Waals surface area (Å²) in [4.78, 5) is 3.84. The summed E-state index contributed by atoms with van der Waals surface area (Å²) in [5.74, 6) is -0.0820. The van der Waals surface area contributed by atoms with Gasteiger partial charge in [0.2, 0.25) is 0 Å². The molecule has 1 heterocycles. The summed E-state index contributed by atoms with van der Waals surface area (Å²) >= 11 is 0. The molecule has 0 aliphatic heterocycles. The number of hydrogen-bond donors (Lipinski definition) is 1. The number of rotatable bonds is 4. The Kier molecular flexibility index (Phi) is 3.93. The predicted octanol–water partition coefficient (Wildman–Crippen LogP) is 4.28. The lowest BCUT2D eigenvalue weighted by Crippen LogP contribution is -2.14. The lowest BCUT2D eigenvalue weighted by molar-refractivity contribution is 0.422. The highest BCUT2D eigenvalue weighted by Gasteiger charge is 2.17. The van der Waals surface area contributed by atoms with E-state index in [2.05, 4.69) is 25.8 Å². The zero-order valence-corrected chi connectivity index (χ0v) is 12.0. The van der Waals surface area contributed by atoms with Gasteiger partial charge in [-0.15, -0.1) is 0 Å². The van der Waals surface area contributed by atoms with Crippen LogP contribution in [0, 0.1) is 5.82 Å². The van der Waals surface area contributed by atoms with Gasteiger partial charge in [0.25, 0.3) is 5.88 Å². The molecular formula is C16H19FN2O. The normalized spacial score (nSPS) is 11.4. The summed E-state index contributed by atoms with van der Waals surface area (Å²) in [5, 5.41) is 0. The van der Waals surface area contributed by atoms with Crippen LogP contribution >= 0.6 is 0 Å². The monoisotopic (exact) mass is 274 g/mol. The van der Waals surface area contributed by atoms with Crippen molar-refractivity contribution in [3.63, 3.8) is 0 Å². The van der Waals surface area contributed by atoms with Crippen molar-refractivity contribution in [1.82, 2.24) is 4.98 Å². The number of anilines is 1. The fraction of sp³-hybridized carbons (Fsp3) is 0.312. The molecule has 0 atom stereocenters. The molecule has 1 aromatic heterocycles. The topological polar surface area (TPSA) is 48.1 Å². The molecule has 0 saturated carbocycles. The Balaban J connectivity index is 2.19. The van der Waals surface area contributed by atoms with E-state index in [1.807, 2.05) is 24.3 Å². The first-order valence-corrected chi connectivity index (χ1v) is 6.62. The second-order valence-corrected chi connectivity index (χ2v) is 5.42. The average Bonchev–Trinajstić information content (AvgIpc) is 2.42. The first-order chi connectivity index (χ1) is 9.42. The summed E-state index contributed by atoms with van der Waals surface area (Å²) in [6, 6.07) is 8.83. The number of nitrogens with two attached hydrogens (primary N) is 1. The van der Waals surface area contributed by atoms with Crippen LogP contribution in [0.25, 0.3) is 0 Å². The Hall–Kier alpha value is -2.10. The van der Waals surface area contributed by atoms with Crippen LogP contribution in [0.5, 0.6) is 11.6 Å².